The van der Waals surface area contributed by atoms with Crippen molar-refractivity contribution in [1.29, 1.82) is 0 Å². The monoisotopic (exact) mass is 345 g/mol. The molecule has 0 radical (unpaired) electrons. The fourth-order valence-electron chi connectivity index (χ4n) is 7.13. The molecule has 0 aromatic carbocycles. The Morgan fingerprint density at radius 1 is 1.08 bits per heavy atom. The van der Waals surface area contributed by atoms with Crippen LogP contribution in [-0.2, 0) is 4.79 Å². The zero-order valence-corrected chi connectivity index (χ0v) is 15.6. The van der Waals surface area contributed by atoms with Gasteiger partial charge < -0.3 is 5.32 Å². The van der Waals surface area contributed by atoms with Crippen LogP contribution >= 0.6 is 0 Å². The summed E-state index contributed by atoms with van der Waals surface area (Å²) in [6.07, 6.45) is 10.6. The van der Waals surface area contributed by atoms with Crippen molar-refractivity contribution < 1.29 is 9.59 Å². The van der Waals surface area contributed by atoms with Crippen molar-refractivity contribution >= 4 is 11.9 Å². The molecule has 6 aliphatic rings. The van der Waals surface area contributed by atoms with Gasteiger partial charge in [-0.3, -0.25) is 9.69 Å². The minimum absolute atomic E-state index is 0.0163. The van der Waals surface area contributed by atoms with Crippen molar-refractivity contribution in [2.24, 2.45) is 29.1 Å². The first kappa shape index (κ1) is 16.1. The molecule has 1 aliphatic heterocycles. The first-order valence-electron chi connectivity index (χ1n) is 10.2. The Labute approximate surface area is 150 Å². The maximum Gasteiger partial charge on any atom is 0.326 e. The number of nitrogens with one attached hydrogen (secondary N) is 1. The number of urea groups is 1. The first-order valence-corrected chi connectivity index (χ1v) is 10.2. The van der Waals surface area contributed by atoms with Gasteiger partial charge in [0.2, 0.25) is 0 Å². The van der Waals surface area contributed by atoms with E-state index in [0.29, 0.717) is 18.0 Å². The largest absolute Gasteiger partial charge is 0.326 e. The van der Waals surface area contributed by atoms with Crippen LogP contribution in [0.3, 0.4) is 0 Å². The minimum atomic E-state index is -0.654. The van der Waals surface area contributed by atoms with E-state index in [2.05, 4.69) is 17.3 Å². The number of amides is 3. The predicted molar refractivity (Wildman–Crippen MR) is 94.6 cm³/mol. The number of nitrogens with zero attached hydrogens (tertiary/aromatic N) is 2. The van der Waals surface area contributed by atoms with Gasteiger partial charge in [0.15, 0.2) is 0 Å². The number of imide groups is 1. The van der Waals surface area contributed by atoms with Gasteiger partial charge in [-0.25, -0.2) is 9.69 Å². The Morgan fingerprint density at radius 2 is 1.64 bits per heavy atom. The van der Waals surface area contributed by atoms with Crippen LogP contribution in [0.5, 0.6) is 0 Å². The third-order valence-corrected chi connectivity index (χ3v) is 7.85. The summed E-state index contributed by atoms with van der Waals surface area (Å²) in [5.74, 6) is 3.14. The van der Waals surface area contributed by atoms with E-state index in [9.17, 15) is 9.59 Å². The molecule has 138 valence electrons. The third-order valence-electron chi connectivity index (χ3n) is 7.85. The zero-order chi connectivity index (χ0) is 17.4. The molecule has 0 aromatic rings. The average Bonchev–Trinajstić information content (AvgIpc) is 3.32. The molecule has 4 bridgehead atoms. The maximum absolute atomic E-state index is 12.8. The minimum Gasteiger partial charge on any atom is -0.323 e. The molecule has 1 saturated heterocycles. The molecule has 6 fully saturated rings. The van der Waals surface area contributed by atoms with Crippen LogP contribution in [0, 0.1) is 29.1 Å². The van der Waals surface area contributed by atoms with Crippen LogP contribution in [0.15, 0.2) is 0 Å². The standard InChI is InChI=1S/C20H31N3O2/c1-19(16-3-4-16)17(24)23(18(25)21-19)12-22(2)11-20-8-13-5-14(9-20)7-15(6-13)10-20/h13-16H,3-12H2,1-2H3,(H,21,25). The SMILES string of the molecule is CN(CN1C(=O)NC(C)(C2CC2)C1=O)CC12CC3CC(CC(C3)C1)C2. The average molecular weight is 345 g/mol. The number of hydrogen-bond acceptors (Lipinski definition) is 3. The Morgan fingerprint density at radius 3 is 2.16 bits per heavy atom. The fraction of sp³-hybridized carbons (Fsp3) is 0.900. The third kappa shape index (κ3) is 2.53. The summed E-state index contributed by atoms with van der Waals surface area (Å²) in [4.78, 5) is 28.9. The molecule has 0 spiro atoms. The lowest BCUT2D eigenvalue weighted by atomic mass is 9.49. The van der Waals surface area contributed by atoms with Crippen LogP contribution < -0.4 is 5.32 Å². The smallest absolute Gasteiger partial charge is 0.323 e. The quantitative estimate of drug-likeness (QED) is 0.780. The summed E-state index contributed by atoms with van der Waals surface area (Å²) in [5, 5.41) is 2.97. The molecule has 6 rings (SSSR count). The van der Waals surface area contributed by atoms with E-state index in [0.717, 1.165) is 37.1 Å². The van der Waals surface area contributed by atoms with Gasteiger partial charge >= 0.3 is 6.03 Å². The lowest BCUT2D eigenvalue weighted by Gasteiger charge is -2.57. The van der Waals surface area contributed by atoms with Crippen LogP contribution in [0.1, 0.15) is 58.3 Å². The Bertz CT molecular complexity index is 579. The zero-order valence-electron chi connectivity index (χ0n) is 15.6. The van der Waals surface area contributed by atoms with Gasteiger partial charge in [0.25, 0.3) is 5.91 Å². The molecule has 1 atom stereocenters. The van der Waals surface area contributed by atoms with Crippen LogP contribution in [0.25, 0.3) is 0 Å². The lowest BCUT2D eigenvalue weighted by Crippen LogP contribution is -2.52. The summed E-state index contributed by atoms with van der Waals surface area (Å²) in [5.41, 5.74) is -0.207. The van der Waals surface area contributed by atoms with E-state index in [4.69, 9.17) is 0 Å². The van der Waals surface area contributed by atoms with Gasteiger partial charge in [-0.05, 0) is 94.4 Å². The van der Waals surface area contributed by atoms with Gasteiger partial charge in [0.1, 0.15) is 5.54 Å². The molecule has 0 aromatic heterocycles. The van der Waals surface area contributed by atoms with Gasteiger partial charge in [0.05, 0.1) is 6.67 Å². The second kappa shape index (κ2) is 5.21. The molecule has 1 heterocycles. The van der Waals surface area contributed by atoms with E-state index in [1.54, 1.807) is 0 Å². The van der Waals surface area contributed by atoms with Crippen molar-refractivity contribution in [1.82, 2.24) is 15.1 Å². The molecule has 1 unspecified atom stereocenters. The van der Waals surface area contributed by atoms with Gasteiger partial charge in [-0.1, -0.05) is 0 Å². The van der Waals surface area contributed by atoms with Crippen molar-refractivity contribution in [3.05, 3.63) is 0 Å². The van der Waals surface area contributed by atoms with Crippen LogP contribution in [-0.4, -0.2) is 47.5 Å². The highest BCUT2D eigenvalue weighted by Gasteiger charge is 2.56. The first-order chi connectivity index (χ1) is 11.9. The second-order valence-electron chi connectivity index (χ2n) is 10.2. The molecule has 1 N–H and O–H groups in total. The summed E-state index contributed by atoms with van der Waals surface area (Å²) < 4.78 is 0. The Hall–Kier alpha value is -1.10. The summed E-state index contributed by atoms with van der Waals surface area (Å²) >= 11 is 0. The highest BCUT2D eigenvalue weighted by Crippen LogP contribution is 2.60. The van der Waals surface area contributed by atoms with Gasteiger partial charge in [-0.2, -0.15) is 0 Å². The Balaban J connectivity index is 1.26. The Kier molecular flexibility index (Phi) is 3.36. The van der Waals surface area contributed by atoms with E-state index >= 15 is 0 Å². The van der Waals surface area contributed by atoms with Crippen LogP contribution in [0.4, 0.5) is 4.79 Å². The molecule has 5 nitrogen and oxygen atoms in total. The number of rotatable bonds is 5. The second-order valence-corrected chi connectivity index (χ2v) is 10.2. The van der Waals surface area contributed by atoms with Gasteiger partial charge in [0, 0.05) is 6.54 Å². The van der Waals surface area contributed by atoms with Gasteiger partial charge in [-0.15, -0.1) is 0 Å². The normalized spacial score (nSPS) is 45.6. The molecule has 5 heteroatoms. The molecular weight excluding hydrogens is 314 g/mol. The fourth-order valence-corrected chi connectivity index (χ4v) is 7.13. The van der Waals surface area contributed by atoms with Crippen molar-refractivity contribution in [2.75, 3.05) is 20.3 Å². The molecular formula is C20H31N3O2. The van der Waals surface area contributed by atoms with Crippen molar-refractivity contribution in [3.63, 3.8) is 0 Å². The number of hydrogen-bond donors (Lipinski definition) is 1. The highest BCUT2D eigenvalue weighted by atomic mass is 16.2. The van der Waals surface area contributed by atoms with Crippen molar-refractivity contribution in [3.8, 4) is 0 Å². The molecule has 3 amide bonds. The van der Waals surface area contributed by atoms with Crippen molar-refractivity contribution in [2.45, 2.75) is 63.8 Å². The number of carbonyl (C=O) groups excluding carboxylic acids is 2. The predicted octanol–water partition coefficient (Wildman–Crippen LogP) is 2.81. The molecule has 25 heavy (non-hydrogen) atoms. The van der Waals surface area contributed by atoms with E-state index < -0.39 is 5.54 Å². The van der Waals surface area contributed by atoms with E-state index in [1.165, 1.54) is 43.4 Å². The summed E-state index contributed by atoms with van der Waals surface area (Å²) in [7, 11) is 2.09. The lowest BCUT2D eigenvalue weighted by molar-refractivity contribution is -0.133. The number of carbonyl (C=O) groups is 2. The molecule has 5 saturated carbocycles. The molecule has 5 aliphatic carbocycles. The van der Waals surface area contributed by atoms with E-state index in [-0.39, 0.29) is 11.9 Å². The highest BCUT2D eigenvalue weighted by molar-refractivity contribution is 6.07. The summed E-state index contributed by atoms with van der Waals surface area (Å²) in [6, 6.07) is -0.197. The summed E-state index contributed by atoms with van der Waals surface area (Å²) in [6.45, 7) is 3.38. The van der Waals surface area contributed by atoms with E-state index in [1.807, 2.05) is 6.92 Å². The topological polar surface area (TPSA) is 52.6 Å². The maximum atomic E-state index is 12.8. The van der Waals surface area contributed by atoms with Crippen LogP contribution in [0.2, 0.25) is 0 Å².